The number of nitrogens with two attached hydrogens (primary N) is 1. The number of nitrogens with zero attached hydrogens (tertiary/aromatic N) is 3. The van der Waals surface area contributed by atoms with Gasteiger partial charge in [-0.2, -0.15) is 0 Å². The van der Waals surface area contributed by atoms with Crippen LogP contribution in [-0.4, -0.2) is 67.3 Å². The van der Waals surface area contributed by atoms with Crippen molar-refractivity contribution in [3.05, 3.63) is 62.7 Å². The quantitative estimate of drug-likeness (QED) is 0.386. The maximum atomic E-state index is 14.5. The first-order valence-corrected chi connectivity index (χ1v) is 14.2. The summed E-state index contributed by atoms with van der Waals surface area (Å²) in [5, 5.41) is 7.86. The molecule has 1 aromatic heterocycles. The number of ether oxygens (including phenoxy) is 1. The summed E-state index contributed by atoms with van der Waals surface area (Å²) >= 11 is 12.1. The smallest absolute Gasteiger partial charge is 0.410 e. The van der Waals surface area contributed by atoms with E-state index in [4.69, 9.17) is 33.1 Å². The SMILES string of the molecule is CC(C)(C)C(=O)Nc1cc(Cl)c(Cl)nc1COC(=O)N1CC2=C(C1)CN(C(=O)c1ccc(S(N)(=O)=O)cc1F)C2. The summed E-state index contributed by atoms with van der Waals surface area (Å²) < 4.78 is 42.8. The summed E-state index contributed by atoms with van der Waals surface area (Å²) in [6.45, 7) is 5.68. The number of carbonyl (C=O) groups excluding carboxylic acids is 3. The van der Waals surface area contributed by atoms with Crippen molar-refractivity contribution in [2.75, 3.05) is 31.5 Å². The average molecular weight is 614 g/mol. The van der Waals surface area contributed by atoms with E-state index in [1.54, 1.807) is 20.8 Å². The van der Waals surface area contributed by atoms with Gasteiger partial charge in [-0.25, -0.2) is 27.7 Å². The topological polar surface area (TPSA) is 152 Å². The number of hydrogen-bond donors (Lipinski definition) is 2. The molecule has 0 fully saturated rings. The monoisotopic (exact) mass is 613 g/mol. The van der Waals surface area contributed by atoms with E-state index in [1.165, 1.54) is 15.9 Å². The number of benzene rings is 1. The first kappa shape index (κ1) is 29.7. The van der Waals surface area contributed by atoms with Crippen LogP contribution in [0.25, 0.3) is 0 Å². The predicted octanol–water partition coefficient (Wildman–Crippen LogP) is 3.56. The molecule has 40 heavy (non-hydrogen) atoms. The van der Waals surface area contributed by atoms with Crippen molar-refractivity contribution in [2.24, 2.45) is 10.6 Å². The van der Waals surface area contributed by atoms with Crippen LogP contribution >= 0.6 is 23.2 Å². The number of nitrogens with one attached hydrogen (secondary N) is 1. The minimum atomic E-state index is -4.11. The Labute approximate surface area is 240 Å². The van der Waals surface area contributed by atoms with Crippen molar-refractivity contribution in [2.45, 2.75) is 32.3 Å². The molecular formula is C25H26Cl2FN5O6S. The summed E-state index contributed by atoms with van der Waals surface area (Å²) in [7, 11) is -4.11. The van der Waals surface area contributed by atoms with Crippen LogP contribution in [0.15, 0.2) is 40.3 Å². The van der Waals surface area contributed by atoms with E-state index >= 15 is 0 Å². The van der Waals surface area contributed by atoms with Crippen LogP contribution in [0.1, 0.15) is 36.8 Å². The van der Waals surface area contributed by atoms with Crippen molar-refractivity contribution < 1.29 is 31.9 Å². The summed E-state index contributed by atoms with van der Waals surface area (Å²) in [6.07, 6.45) is -0.641. The molecule has 0 bridgehead atoms. The Morgan fingerprint density at radius 2 is 1.68 bits per heavy atom. The van der Waals surface area contributed by atoms with Gasteiger partial charge < -0.3 is 19.9 Å². The van der Waals surface area contributed by atoms with Gasteiger partial charge in [-0.3, -0.25) is 9.59 Å². The van der Waals surface area contributed by atoms with Gasteiger partial charge in [0.25, 0.3) is 5.91 Å². The van der Waals surface area contributed by atoms with Crippen molar-refractivity contribution in [1.82, 2.24) is 14.8 Å². The Kier molecular flexibility index (Phi) is 8.14. The summed E-state index contributed by atoms with van der Waals surface area (Å²) in [5.41, 5.74) is 1.14. The zero-order valence-corrected chi connectivity index (χ0v) is 24.1. The molecule has 1 aromatic carbocycles. The van der Waals surface area contributed by atoms with Crippen molar-refractivity contribution in [1.29, 1.82) is 0 Å². The van der Waals surface area contributed by atoms with Gasteiger partial charge in [-0.1, -0.05) is 44.0 Å². The van der Waals surface area contributed by atoms with Crippen molar-refractivity contribution >= 4 is 56.8 Å². The third-order valence-electron chi connectivity index (χ3n) is 6.35. The van der Waals surface area contributed by atoms with Gasteiger partial charge >= 0.3 is 6.09 Å². The molecule has 3 N–H and O–H groups in total. The molecule has 0 radical (unpaired) electrons. The summed E-state index contributed by atoms with van der Waals surface area (Å²) in [6, 6.07) is 4.30. The van der Waals surface area contributed by atoms with Crippen molar-refractivity contribution in [3.63, 3.8) is 0 Å². The molecule has 3 heterocycles. The first-order chi connectivity index (χ1) is 18.5. The average Bonchev–Trinajstić information content (AvgIpc) is 3.43. The molecule has 214 valence electrons. The molecule has 15 heteroatoms. The molecular weight excluding hydrogens is 588 g/mol. The second kappa shape index (κ2) is 11.0. The number of pyridine rings is 1. The van der Waals surface area contributed by atoms with E-state index in [9.17, 15) is 27.2 Å². The van der Waals surface area contributed by atoms with Crippen LogP contribution in [-0.2, 0) is 26.2 Å². The molecule has 2 aromatic rings. The Balaban J connectivity index is 1.36. The zero-order chi connectivity index (χ0) is 29.6. The van der Waals surface area contributed by atoms with Gasteiger partial charge in [0.2, 0.25) is 15.9 Å². The fraction of sp³-hybridized carbons (Fsp3) is 0.360. The normalized spacial score (nSPS) is 15.4. The summed E-state index contributed by atoms with van der Waals surface area (Å²) in [5.74, 6) is -1.90. The number of sulfonamides is 1. The van der Waals surface area contributed by atoms with E-state index < -0.39 is 38.2 Å². The van der Waals surface area contributed by atoms with E-state index in [1.807, 2.05) is 0 Å². The molecule has 11 nitrogen and oxygen atoms in total. The number of primary sulfonamides is 1. The van der Waals surface area contributed by atoms with Crippen LogP contribution in [0.3, 0.4) is 0 Å². The highest BCUT2D eigenvalue weighted by Crippen LogP contribution is 2.30. The second-order valence-electron chi connectivity index (χ2n) is 10.4. The first-order valence-electron chi connectivity index (χ1n) is 11.9. The lowest BCUT2D eigenvalue weighted by molar-refractivity contribution is -0.123. The van der Waals surface area contributed by atoms with Crippen molar-refractivity contribution in [3.8, 4) is 0 Å². The third kappa shape index (κ3) is 6.38. The fourth-order valence-corrected chi connectivity index (χ4v) is 4.95. The summed E-state index contributed by atoms with van der Waals surface area (Å²) in [4.78, 5) is 44.7. The number of halogens is 3. The Morgan fingerprint density at radius 3 is 2.23 bits per heavy atom. The Bertz CT molecular complexity index is 1540. The van der Waals surface area contributed by atoms with E-state index in [-0.39, 0.29) is 65.8 Å². The lowest BCUT2D eigenvalue weighted by Gasteiger charge is -2.23. The maximum Gasteiger partial charge on any atom is 0.410 e. The highest BCUT2D eigenvalue weighted by molar-refractivity contribution is 7.89. The number of aromatic nitrogens is 1. The van der Waals surface area contributed by atoms with Gasteiger partial charge in [-0.15, -0.1) is 0 Å². The largest absolute Gasteiger partial charge is 0.443 e. The van der Waals surface area contributed by atoms with Crippen LogP contribution in [0.2, 0.25) is 10.2 Å². The van der Waals surface area contributed by atoms with E-state index in [0.717, 1.165) is 23.3 Å². The highest BCUT2D eigenvalue weighted by atomic mass is 35.5. The van der Waals surface area contributed by atoms with Crippen LogP contribution < -0.4 is 10.5 Å². The van der Waals surface area contributed by atoms with Gasteiger partial charge in [0, 0.05) is 31.6 Å². The molecule has 0 aliphatic carbocycles. The maximum absolute atomic E-state index is 14.5. The Morgan fingerprint density at radius 1 is 1.07 bits per heavy atom. The number of rotatable bonds is 5. The molecule has 2 aliphatic rings. The number of amides is 3. The fourth-order valence-electron chi connectivity index (χ4n) is 4.12. The molecule has 3 amide bonds. The highest BCUT2D eigenvalue weighted by Gasteiger charge is 2.36. The lowest BCUT2D eigenvalue weighted by Crippen LogP contribution is -2.37. The minimum Gasteiger partial charge on any atom is -0.443 e. The number of anilines is 1. The molecule has 0 atom stereocenters. The Hall–Kier alpha value is -3.26. The van der Waals surface area contributed by atoms with Gasteiger partial charge in [0.15, 0.2) is 0 Å². The molecule has 0 saturated heterocycles. The molecule has 2 aliphatic heterocycles. The lowest BCUT2D eigenvalue weighted by atomic mass is 9.95. The third-order valence-corrected chi connectivity index (χ3v) is 7.93. The van der Waals surface area contributed by atoms with Crippen LogP contribution in [0.5, 0.6) is 0 Å². The molecule has 4 rings (SSSR count). The van der Waals surface area contributed by atoms with Gasteiger partial charge in [0.05, 0.1) is 21.2 Å². The number of hydrogen-bond acceptors (Lipinski definition) is 7. The predicted molar refractivity (Wildman–Crippen MR) is 145 cm³/mol. The van der Waals surface area contributed by atoms with Crippen LogP contribution in [0, 0.1) is 11.2 Å². The molecule has 0 saturated carbocycles. The van der Waals surface area contributed by atoms with E-state index in [2.05, 4.69) is 10.3 Å². The standard InChI is InChI=1S/C25H26Cl2FN5O6S/c1-25(2,3)23(35)31-19-7-17(26)21(27)30-20(19)12-39-24(36)33-10-13-8-32(9-14(13)11-33)22(34)16-5-4-15(6-18(16)28)40(29,37)38/h4-7H,8-12H2,1-3H3,(H,31,35)(H2,29,37,38). The van der Waals surface area contributed by atoms with E-state index in [0.29, 0.717) is 6.07 Å². The molecule has 0 spiro atoms. The number of carbonyl (C=O) groups is 3. The zero-order valence-electron chi connectivity index (χ0n) is 21.8. The van der Waals surface area contributed by atoms with Gasteiger partial charge in [0.1, 0.15) is 23.3 Å². The van der Waals surface area contributed by atoms with Crippen LogP contribution in [0.4, 0.5) is 14.9 Å². The van der Waals surface area contributed by atoms with Gasteiger partial charge in [-0.05, 0) is 35.4 Å². The second-order valence-corrected chi connectivity index (χ2v) is 12.8. The molecule has 0 unspecified atom stereocenters. The minimum absolute atomic E-state index is 0.0104.